The van der Waals surface area contributed by atoms with Gasteiger partial charge in [0.1, 0.15) is 0 Å². The number of nitrogens with zero attached hydrogens (tertiary/aromatic N) is 1. The van der Waals surface area contributed by atoms with Crippen molar-refractivity contribution in [3.63, 3.8) is 0 Å². The summed E-state index contributed by atoms with van der Waals surface area (Å²) >= 11 is 8.34. The summed E-state index contributed by atoms with van der Waals surface area (Å²) in [5.74, 6) is 2.63. The van der Waals surface area contributed by atoms with Crippen molar-refractivity contribution in [2.75, 3.05) is 19.5 Å². The minimum atomic E-state index is -0.318. The van der Waals surface area contributed by atoms with Gasteiger partial charge in [0.15, 0.2) is 16.6 Å². The van der Waals surface area contributed by atoms with Gasteiger partial charge >= 0.3 is 0 Å². The highest BCUT2D eigenvalue weighted by Crippen LogP contribution is 2.64. The van der Waals surface area contributed by atoms with Gasteiger partial charge < -0.3 is 14.8 Å². The van der Waals surface area contributed by atoms with Crippen LogP contribution in [0.25, 0.3) is 11.3 Å². The zero-order chi connectivity index (χ0) is 20.2. The molecule has 7 heteroatoms. The molecule has 1 aromatic heterocycles. The van der Waals surface area contributed by atoms with E-state index in [4.69, 9.17) is 21.1 Å². The molecule has 29 heavy (non-hydrogen) atoms. The van der Waals surface area contributed by atoms with Crippen LogP contribution in [0.2, 0.25) is 0 Å². The lowest BCUT2D eigenvalue weighted by Crippen LogP contribution is -2.57. The molecule has 0 saturated heterocycles. The van der Waals surface area contributed by atoms with Crippen LogP contribution >= 0.6 is 22.9 Å². The van der Waals surface area contributed by atoms with E-state index in [1.54, 1.807) is 14.2 Å². The fourth-order valence-corrected chi connectivity index (χ4v) is 7.51. The van der Waals surface area contributed by atoms with E-state index in [1.807, 2.05) is 23.6 Å². The first-order valence-corrected chi connectivity index (χ1v) is 11.4. The Morgan fingerprint density at radius 1 is 1.17 bits per heavy atom. The van der Waals surface area contributed by atoms with E-state index in [2.05, 4.69) is 10.3 Å². The number of rotatable bonds is 5. The van der Waals surface area contributed by atoms with Gasteiger partial charge in [0, 0.05) is 15.8 Å². The minimum Gasteiger partial charge on any atom is -0.493 e. The molecule has 2 aromatic rings. The third-order valence-electron chi connectivity index (χ3n) is 6.88. The number of nitrogens with one attached hydrogen (secondary N) is 1. The van der Waals surface area contributed by atoms with E-state index in [9.17, 15) is 4.79 Å². The second-order valence-corrected chi connectivity index (χ2v) is 10.6. The molecular weight excluding hydrogens is 408 g/mol. The summed E-state index contributed by atoms with van der Waals surface area (Å²) < 4.78 is 10.7. The second-order valence-electron chi connectivity index (χ2n) is 8.95. The van der Waals surface area contributed by atoms with Gasteiger partial charge in [-0.2, -0.15) is 0 Å². The maximum absolute atomic E-state index is 13.3. The average Bonchev–Trinajstić information content (AvgIpc) is 3.14. The van der Waals surface area contributed by atoms with Gasteiger partial charge in [-0.15, -0.1) is 22.9 Å². The molecule has 4 aliphatic carbocycles. The number of amides is 1. The summed E-state index contributed by atoms with van der Waals surface area (Å²) in [5, 5.41) is 5.71. The molecule has 0 aliphatic heterocycles. The Labute approximate surface area is 179 Å². The standard InChI is InChI=1S/C22H25ClN2O3S/c1-27-17-4-3-15(6-18(17)28-2)16-11-29-20(24-16)25-19(26)21-7-13-5-14(8-21)10-22(23,9-13)12-21/h3-4,6,11,13-14H,5,7-10,12H2,1-2H3,(H,24,25,26)/t13-,14-,21?,22?/m1/s1. The molecule has 0 unspecified atom stereocenters. The van der Waals surface area contributed by atoms with Gasteiger partial charge in [-0.25, -0.2) is 4.98 Å². The first-order chi connectivity index (χ1) is 13.9. The maximum atomic E-state index is 13.3. The molecule has 0 spiro atoms. The predicted molar refractivity (Wildman–Crippen MR) is 115 cm³/mol. The quantitative estimate of drug-likeness (QED) is 0.647. The van der Waals surface area contributed by atoms with Crippen LogP contribution in [0.1, 0.15) is 38.5 Å². The number of aromatic nitrogens is 1. The molecule has 1 N–H and O–H groups in total. The van der Waals surface area contributed by atoms with E-state index in [0.717, 1.165) is 43.4 Å². The van der Waals surface area contributed by atoms with Crippen molar-refractivity contribution in [3.05, 3.63) is 23.6 Å². The Morgan fingerprint density at radius 3 is 2.55 bits per heavy atom. The zero-order valence-electron chi connectivity index (χ0n) is 16.7. The van der Waals surface area contributed by atoms with Crippen LogP contribution in [0.5, 0.6) is 11.5 Å². The molecule has 6 rings (SSSR count). The fraction of sp³-hybridized carbons (Fsp3) is 0.545. The van der Waals surface area contributed by atoms with Crippen molar-refractivity contribution >= 4 is 34.0 Å². The number of halogens is 1. The molecular formula is C22H25ClN2O3S. The first kappa shape index (κ1) is 19.2. The average molecular weight is 433 g/mol. The third-order valence-corrected chi connectivity index (χ3v) is 8.08. The Hall–Kier alpha value is -1.79. The number of benzene rings is 1. The predicted octanol–water partition coefficient (Wildman–Crippen LogP) is 5.34. The number of carbonyl (C=O) groups excluding carboxylic acids is 1. The van der Waals surface area contributed by atoms with Crippen LogP contribution < -0.4 is 14.8 Å². The SMILES string of the molecule is COc1ccc(-c2csc(NC(=O)C34C[C@H]5C[C@@H](CC(Cl)(C5)C3)C4)n2)cc1OC. The van der Waals surface area contributed by atoms with Gasteiger partial charge in [0.05, 0.1) is 25.3 Å². The zero-order valence-corrected chi connectivity index (χ0v) is 18.2. The molecule has 4 saturated carbocycles. The monoisotopic (exact) mass is 432 g/mol. The highest BCUT2D eigenvalue weighted by molar-refractivity contribution is 7.14. The van der Waals surface area contributed by atoms with Crippen molar-refractivity contribution in [2.24, 2.45) is 17.3 Å². The van der Waals surface area contributed by atoms with Crippen molar-refractivity contribution in [1.29, 1.82) is 0 Å². The van der Waals surface area contributed by atoms with Gasteiger partial charge in [-0.05, 0) is 68.6 Å². The number of anilines is 1. The number of hydrogen-bond acceptors (Lipinski definition) is 5. The lowest BCUT2D eigenvalue weighted by Gasteiger charge is -2.59. The molecule has 4 aliphatic rings. The van der Waals surface area contributed by atoms with E-state index >= 15 is 0 Å². The Kier molecular flexibility index (Phi) is 4.55. The van der Waals surface area contributed by atoms with Crippen molar-refractivity contribution < 1.29 is 14.3 Å². The first-order valence-electron chi connectivity index (χ1n) is 10.1. The molecule has 1 aromatic carbocycles. The van der Waals surface area contributed by atoms with Gasteiger partial charge in [0.25, 0.3) is 0 Å². The Balaban J connectivity index is 1.35. The van der Waals surface area contributed by atoms with Crippen molar-refractivity contribution in [3.8, 4) is 22.8 Å². The topological polar surface area (TPSA) is 60.5 Å². The largest absolute Gasteiger partial charge is 0.493 e. The molecule has 4 fully saturated rings. The minimum absolute atomic E-state index is 0.102. The molecule has 0 radical (unpaired) electrons. The van der Waals surface area contributed by atoms with Gasteiger partial charge in [0.2, 0.25) is 5.91 Å². The molecule has 1 amide bonds. The highest BCUT2D eigenvalue weighted by Gasteiger charge is 2.60. The summed E-state index contributed by atoms with van der Waals surface area (Å²) in [6.45, 7) is 0. The summed E-state index contributed by atoms with van der Waals surface area (Å²) in [6, 6.07) is 5.70. The van der Waals surface area contributed by atoms with Crippen LogP contribution in [-0.4, -0.2) is 30.0 Å². The number of alkyl halides is 1. The summed E-state index contributed by atoms with van der Waals surface area (Å²) in [7, 11) is 3.23. The summed E-state index contributed by atoms with van der Waals surface area (Å²) in [6.07, 6.45) is 6.12. The Bertz CT molecular complexity index is 945. The fourth-order valence-electron chi connectivity index (χ4n) is 6.11. The van der Waals surface area contributed by atoms with Crippen LogP contribution in [0.15, 0.2) is 23.6 Å². The van der Waals surface area contributed by atoms with Gasteiger partial charge in [-0.3, -0.25) is 4.79 Å². The van der Waals surface area contributed by atoms with Crippen molar-refractivity contribution in [2.45, 2.75) is 43.4 Å². The lowest BCUT2D eigenvalue weighted by atomic mass is 9.49. The summed E-state index contributed by atoms with van der Waals surface area (Å²) in [4.78, 5) is 17.8. The van der Waals surface area contributed by atoms with E-state index in [1.165, 1.54) is 17.8 Å². The molecule has 4 bridgehead atoms. The van der Waals surface area contributed by atoms with Crippen LogP contribution in [-0.2, 0) is 4.79 Å². The number of ether oxygens (including phenoxy) is 2. The van der Waals surface area contributed by atoms with Crippen LogP contribution in [0.3, 0.4) is 0 Å². The Morgan fingerprint density at radius 2 is 1.90 bits per heavy atom. The molecule has 1 heterocycles. The number of carbonyl (C=O) groups is 1. The van der Waals surface area contributed by atoms with Crippen molar-refractivity contribution in [1.82, 2.24) is 4.98 Å². The number of thiazole rings is 1. The number of hydrogen-bond donors (Lipinski definition) is 1. The third kappa shape index (κ3) is 3.30. The number of methoxy groups -OCH3 is 2. The lowest BCUT2D eigenvalue weighted by molar-refractivity contribution is -0.138. The van der Waals surface area contributed by atoms with Gasteiger partial charge in [-0.1, -0.05) is 0 Å². The molecule has 5 nitrogen and oxygen atoms in total. The smallest absolute Gasteiger partial charge is 0.232 e. The van der Waals surface area contributed by atoms with E-state index in [-0.39, 0.29) is 16.2 Å². The normalized spacial score (nSPS) is 32.2. The van der Waals surface area contributed by atoms with E-state index in [0.29, 0.717) is 28.5 Å². The van der Waals surface area contributed by atoms with Crippen LogP contribution in [0, 0.1) is 17.3 Å². The molecule has 2 atom stereocenters. The summed E-state index contributed by atoms with van der Waals surface area (Å²) in [5.41, 5.74) is 1.42. The second kappa shape index (κ2) is 6.88. The van der Waals surface area contributed by atoms with E-state index < -0.39 is 0 Å². The maximum Gasteiger partial charge on any atom is 0.232 e. The highest BCUT2D eigenvalue weighted by atomic mass is 35.5. The van der Waals surface area contributed by atoms with Crippen LogP contribution in [0.4, 0.5) is 5.13 Å². The molecule has 154 valence electrons.